The second kappa shape index (κ2) is 9.94. The fraction of sp³-hybridized carbons (Fsp3) is 0.429. The fourth-order valence-electron chi connectivity index (χ4n) is 1.65. The van der Waals surface area contributed by atoms with Crippen LogP contribution in [0.25, 0.3) is 0 Å². The molecule has 1 N–H and O–H groups in total. The Morgan fingerprint density at radius 3 is 2.88 bits per heavy atom. The maximum atomic E-state index is 10.7. The molecule has 0 amide bonds. The number of hydrogen-bond donors (Lipinski definition) is 1. The topological polar surface area (TPSA) is 47.9 Å². The Labute approximate surface area is 174 Å². The van der Waals surface area contributed by atoms with E-state index in [0.717, 1.165) is 7.11 Å². The largest absolute Gasteiger partial charge is 0.493 e. The third-order valence-electron chi connectivity index (χ3n) is 2.75. The molecule has 1 unspecified atom stereocenters. The van der Waals surface area contributed by atoms with Gasteiger partial charge in [0.25, 0.3) is 0 Å². The SMILES string of the molecule is [2H]c1c([2H])c(C)c([2H])c(OC([2H])([2H])C([2H])(O)C([2H])([2H])CCC([2H])([2H])c2c([2H])c([2H])c(OC([2H])([2H])[2H])c(OC)c2[2H])c1[2H]. The first-order valence-electron chi connectivity index (χ1n) is 15.6. The van der Waals surface area contributed by atoms with E-state index in [4.69, 9.17) is 32.8 Å². The predicted octanol–water partition coefficient (Wildman–Crippen LogP) is 4.16. The second-order valence-corrected chi connectivity index (χ2v) is 4.57. The second-order valence-electron chi connectivity index (χ2n) is 4.57. The summed E-state index contributed by atoms with van der Waals surface area (Å²) >= 11 is 0. The van der Waals surface area contributed by atoms with Gasteiger partial charge in [-0.25, -0.2) is 0 Å². The third-order valence-corrected chi connectivity index (χ3v) is 2.75. The summed E-state index contributed by atoms with van der Waals surface area (Å²) in [5.41, 5.74) is -0.999. The summed E-state index contributed by atoms with van der Waals surface area (Å²) in [4.78, 5) is 0. The molecule has 0 aliphatic rings. The van der Waals surface area contributed by atoms with E-state index in [1.807, 2.05) is 0 Å². The molecule has 0 spiro atoms. The molecule has 0 aromatic heterocycles. The van der Waals surface area contributed by atoms with Crippen LogP contribution in [0.3, 0.4) is 0 Å². The van der Waals surface area contributed by atoms with Crippen LogP contribution < -0.4 is 14.2 Å². The van der Waals surface area contributed by atoms with Crippen molar-refractivity contribution in [3.8, 4) is 17.2 Å². The molecule has 25 heavy (non-hydrogen) atoms. The van der Waals surface area contributed by atoms with E-state index in [-0.39, 0.29) is 5.56 Å². The van der Waals surface area contributed by atoms with Crippen molar-refractivity contribution < 1.29 is 42.6 Å². The molecule has 0 radical (unpaired) electrons. The van der Waals surface area contributed by atoms with E-state index < -0.39 is 110 Å². The molecule has 2 rings (SSSR count). The van der Waals surface area contributed by atoms with E-state index in [0.29, 0.717) is 0 Å². The van der Waals surface area contributed by atoms with Gasteiger partial charge in [0.05, 0.1) is 38.0 Å². The van der Waals surface area contributed by atoms with Gasteiger partial charge in [-0.2, -0.15) is 0 Å². The van der Waals surface area contributed by atoms with Gasteiger partial charge in [-0.1, -0.05) is 24.5 Å². The van der Waals surface area contributed by atoms with Crippen molar-refractivity contribution in [1.29, 1.82) is 0 Å². The summed E-state index contributed by atoms with van der Waals surface area (Å²) in [5.74, 6) is -2.43. The van der Waals surface area contributed by atoms with Crippen molar-refractivity contribution in [3.63, 3.8) is 0 Å². The molecular weight excluding hydrogens is 316 g/mol. The fourth-order valence-corrected chi connectivity index (χ4v) is 1.65. The molecule has 4 nitrogen and oxygen atoms in total. The van der Waals surface area contributed by atoms with Crippen molar-refractivity contribution in [2.75, 3.05) is 20.7 Å². The molecule has 0 bridgehead atoms. The van der Waals surface area contributed by atoms with Crippen LogP contribution >= 0.6 is 0 Å². The number of rotatable bonds is 10. The van der Waals surface area contributed by atoms with Crippen molar-refractivity contribution in [3.05, 3.63) is 53.4 Å². The molecule has 0 aliphatic carbocycles. The van der Waals surface area contributed by atoms with Crippen LogP contribution in [0.4, 0.5) is 0 Å². The lowest BCUT2D eigenvalue weighted by Gasteiger charge is -2.13. The Kier molecular flexibility index (Phi) is 2.59. The average Bonchev–Trinajstić information content (AvgIpc) is 2.85. The molecule has 0 saturated heterocycles. The van der Waals surface area contributed by atoms with Crippen LogP contribution in [0.5, 0.6) is 17.2 Å². The minimum absolute atomic E-state index is 0.177. The number of methoxy groups -OCH3 is 2. The van der Waals surface area contributed by atoms with E-state index in [1.165, 1.54) is 6.92 Å². The summed E-state index contributed by atoms with van der Waals surface area (Å²) in [6.07, 6.45) is -12.2. The zero-order chi connectivity index (χ0) is 33.0. The highest BCUT2D eigenvalue weighted by Gasteiger charge is 2.07. The van der Waals surface area contributed by atoms with E-state index in [2.05, 4.69) is 4.74 Å². The first kappa shape index (κ1) is 6.51. The first-order chi connectivity index (χ1) is 18.8. The van der Waals surface area contributed by atoms with Crippen molar-refractivity contribution in [2.45, 2.75) is 38.6 Å². The Balaban J connectivity index is 2.48. The Bertz CT molecular complexity index is 1330. The maximum Gasteiger partial charge on any atom is 0.160 e. The number of hydrogen-bond acceptors (Lipinski definition) is 4. The van der Waals surface area contributed by atoms with Gasteiger partial charge in [0.1, 0.15) is 12.3 Å². The van der Waals surface area contributed by atoms with Gasteiger partial charge < -0.3 is 19.3 Å². The van der Waals surface area contributed by atoms with Gasteiger partial charge >= 0.3 is 0 Å². The summed E-state index contributed by atoms with van der Waals surface area (Å²) in [6.45, 7) is -2.48. The monoisotopic (exact) mass is 361 g/mol. The smallest absolute Gasteiger partial charge is 0.160 e. The number of ether oxygens (including phenoxy) is 3. The van der Waals surface area contributed by atoms with Crippen LogP contribution in [0.2, 0.25) is 0 Å². The van der Waals surface area contributed by atoms with Gasteiger partial charge in [0.15, 0.2) is 11.5 Å². The third kappa shape index (κ3) is 6.31. The van der Waals surface area contributed by atoms with E-state index in [1.54, 1.807) is 0 Å². The first-order valence-corrected chi connectivity index (χ1v) is 7.11. The minimum Gasteiger partial charge on any atom is -0.493 e. The molecule has 2 aromatic rings. The lowest BCUT2D eigenvalue weighted by molar-refractivity contribution is 0.0976. The summed E-state index contributed by atoms with van der Waals surface area (Å²) < 4.78 is 150. The van der Waals surface area contributed by atoms with Gasteiger partial charge in [0, 0.05) is 5.48 Å². The van der Waals surface area contributed by atoms with Crippen molar-refractivity contribution in [1.82, 2.24) is 0 Å². The molecule has 136 valence electrons. The number of benzene rings is 2. The zero-order valence-electron chi connectivity index (χ0n) is 30.6. The molecule has 0 heterocycles. The normalized spacial score (nSPS) is 25.2. The van der Waals surface area contributed by atoms with Gasteiger partial charge in [-0.05, 0) is 61.4 Å². The molecule has 2 aromatic carbocycles. The zero-order valence-corrected chi connectivity index (χ0v) is 13.6. The lowest BCUT2D eigenvalue weighted by Crippen LogP contribution is -2.17. The lowest BCUT2D eigenvalue weighted by atomic mass is 10.0. The highest BCUT2D eigenvalue weighted by molar-refractivity contribution is 5.42. The van der Waals surface area contributed by atoms with Crippen LogP contribution in [0.1, 0.15) is 53.6 Å². The summed E-state index contributed by atoms with van der Waals surface area (Å²) in [6, 6.07) is -5.66. The van der Waals surface area contributed by atoms with Crippen LogP contribution in [-0.4, -0.2) is 31.9 Å². The standard InChI is InChI=1S/C21H28O4/c1-16-7-6-10-19(13-16)25-15-18(22)9-5-4-8-17-11-12-20(23-2)21(14-17)24-3/h6-7,10-14,18,22H,4-5,8-9,15H2,1-3H3/i2D3,6D,7D,8D2,9D2,10D,11D,12D,13D,14D,15D2,18D. The van der Waals surface area contributed by atoms with E-state index >= 15 is 0 Å². The Morgan fingerprint density at radius 1 is 1.20 bits per heavy atom. The van der Waals surface area contributed by atoms with Gasteiger partial charge in [-0.3, -0.25) is 0 Å². The highest BCUT2D eigenvalue weighted by Crippen LogP contribution is 2.28. The van der Waals surface area contributed by atoms with Crippen LogP contribution in [-0.2, 0) is 6.37 Å². The molecular formula is C21H28O4. The van der Waals surface area contributed by atoms with Gasteiger partial charge in [0.2, 0.25) is 0 Å². The van der Waals surface area contributed by atoms with Crippen molar-refractivity contribution >= 4 is 0 Å². The predicted molar refractivity (Wildman–Crippen MR) is 99.8 cm³/mol. The Hall–Kier alpha value is -2.20. The molecule has 0 saturated carbocycles. The highest BCUT2D eigenvalue weighted by atomic mass is 16.5. The van der Waals surface area contributed by atoms with E-state index in [9.17, 15) is 5.11 Å². The maximum absolute atomic E-state index is 10.7. The van der Waals surface area contributed by atoms with Crippen LogP contribution in [0, 0.1) is 6.92 Å². The Morgan fingerprint density at radius 2 is 2.08 bits per heavy atom. The van der Waals surface area contributed by atoms with Crippen LogP contribution in [0.15, 0.2) is 42.3 Å². The average molecular weight is 362 g/mol. The summed E-state index contributed by atoms with van der Waals surface area (Å²) in [7, 11) is -2.12. The number of aliphatic hydroxyl groups is 1. The quantitative estimate of drug-likeness (QED) is 0.690. The molecule has 4 heteroatoms. The summed E-state index contributed by atoms with van der Waals surface area (Å²) in [5, 5.41) is 10.7. The molecule has 1 atom stereocenters. The molecule has 0 fully saturated rings. The van der Waals surface area contributed by atoms with Crippen molar-refractivity contribution in [2.24, 2.45) is 0 Å². The van der Waals surface area contributed by atoms with Gasteiger partial charge in [-0.15, -0.1) is 0 Å². The molecule has 0 aliphatic heterocycles. The minimum atomic E-state index is -3.84.